The molecule has 2 aromatic heterocycles. The van der Waals surface area contributed by atoms with E-state index >= 15 is 0 Å². The van der Waals surface area contributed by atoms with Gasteiger partial charge in [0, 0.05) is 44.6 Å². The molecule has 0 spiro atoms. The Kier molecular flexibility index (Phi) is 6.50. The van der Waals surface area contributed by atoms with Crippen molar-refractivity contribution in [1.29, 1.82) is 5.41 Å². The number of aromatic nitrogens is 2. The summed E-state index contributed by atoms with van der Waals surface area (Å²) in [7, 11) is 0. The monoisotopic (exact) mass is 627 g/mol. The van der Waals surface area contributed by atoms with Crippen molar-refractivity contribution in [2.75, 3.05) is 0 Å². The molecule has 1 aliphatic carbocycles. The van der Waals surface area contributed by atoms with Gasteiger partial charge in [-0.3, -0.25) is 0 Å². The lowest BCUT2D eigenvalue weighted by molar-refractivity contribution is 1.11. The van der Waals surface area contributed by atoms with Gasteiger partial charge in [-0.2, -0.15) is 0 Å². The van der Waals surface area contributed by atoms with Crippen LogP contribution in [0.1, 0.15) is 29.3 Å². The molecule has 6 aromatic carbocycles. The zero-order valence-electron chi connectivity index (χ0n) is 27.2. The molecule has 0 aliphatic heterocycles. The fraction of sp³-hybridized carbons (Fsp3) is 0.0217. The topological polar surface area (TPSA) is 33.7 Å². The molecule has 0 fully saturated rings. The van der Waals surface area contributed by atoms with Crippen molar-refractivity contribution in [3.05, 3.63) is 169 Å². The summed E-state index contributed by atoms with van der Waals surface area (Å²) in [5.41, 5.74) is 14.5. The predicted octanol–water partition coefficient (Wildman–Crippen LogP) is 12.3. The van der Waals surface area contributed by atoms with Crippen LogP contribution < -0.4 is 0 Å². The van der Waals surface area contributed by atoms with Crippen LogP contribution in [0.2, 0.25) is 0 Å². The number of hydrogen-bond donors (Lipinski definition) is 1. The Morgan fingerprint density at radius 1 is 0.571 bits per heavy atom. The lowest BCUT2D eigenvalue weighted by Gasteiger charge is -2.14. The number of allylic oxidation sites excluding steroid dienone is 4. The van der Waals surface area contributed by atoms with Crippen LogP contribution in [0.25, 0.3) is 89.3 Å². The number of nitrogens with zero attached hydrogens (tertiary/aromatic N) is 2. The van der Waals surface area contributed by atoms with Gasteiger partial charge in [0.1, 0.15) is 0 Å². The maximum Gasteiger partial charge on any atom is 0.0541 e. The predicted molar refractivity (Wildman–Crippen MR) is 211 cm³/mol. The largest absolute Gasteiger partial charge is 0.309 e. The number of benzene rings is 6. The first-order valence-corrected chi connectivity index (χ1v) is 16.6. The van der Waals surface area contributed by atoms with Crippen molar-refractivity contribution >= 4 is 73.0 Å². The Bertz CT molecular complexity index is 2740. The van der Waals surface area contributed by atoms with Gasteiger partial charge in [-0.15, -0.1) is 0 Å². The van der Waals surface area contributed by atoms with E-state index in [4.69, 9.17) is 5.41 Å². The van der Waals surface area contributed by atoms with Crippen LogP contribution in [0.15, 0.2) is 147 Å². The minimum absolute atomic E-state index is 0.925. The molecule has 3 nitrogen and oxygen atoms in total. The Morgan fingerprint density at radius 3 is 1.98 bits per heavy atom. The minimum Gasteiger partial charge on any atom is -0.309 e. The van der Waals surface area contributed by atoms with E-state index < -0.39 is 0 Å². The Labute approximate surface area is 285 Å². The lowest BCUT2D eigenvalue weighted by Crippen LogP contribution is -1.96. The molecule has 8 aromatic rings. The fourth-order valence-electron chi connectivity index (χ4n) is 8.03. The van der Waals surface area contributed by atoms with Crippen molar-refractivity contribution in [2.24, 2.45) is 0 Å². The highest BCUT2D eigenvalue weighted by atomic mass is 15.0. The van der Waals surface area contributed by atoms with Crippen LogP contribution in [0.4, 0.5) is 0 Å². The molecule has 0 bridgehead atoms. The summed E-state index contributed by atoms with van der Waals surface area (Å²) in [6.07, 6.45) is 9.59. The summed E-state index contributed by atoms with van der Waals surface area (Å²) in [6, 6.07) is 43.7. The molecular weight excluding hydrogens is 595 g/mol. The van der Waals surface area contributed by atoms with Gasteiger partial charge in [0.15, 0.2) is 0 Å². The van der Waals surface area contributed by atoms with Gasteiger partial charge >= 0.3 is 0 Å². The van der Waals surface area contributed by atoms with Crippen molar-refractivity contribution in [3.8, 4) is 22.5 Å². The average molecular weight is 628 g/mol. The molecule has 9 rings (SSSR count). The zero-order chi connectivity index (χ0) is 33.2. The molecule has 0 unspecified atom stereocenters. The third kappa shape index (κ3) is 4.06. The van der Waals surface area contributed by atoms with Crippen LogP contribution >= 0.6 is 0 Å². The number of rotatable bonds is 7. The van der Waals surface area contributed by atoms with Crippen LogP contribution in [-0.2, 0) is 0 Å². The van der Waals surface area contributed by atoms with E-state index in [1.54, 1.807) is 0 Å². The number of para-hydroxylation sites is 2. The SMILES string of the molecule is C=CC1=C(C=N)c2cccc3c(-n4c5ccccc5c5cc(-c6ccc7c(c6)c(/C=C\C)c(C=C)n7-c6ccccc6)ccc54)ccc1c23. The first-order valence-electron chi connectivity index (χ1n) is 16.6. The molecule has 2 heterocycles. The summed E-state index contributed by atoms with van der Waals surface area (Å²) in [4.78, 5) is 0. The number of hydrogen-bond acceptors (Lipinski definition) is 1. The lowest BCUT2D eigenvalue weighted by atomic mass is 9.99. The number of fused-ring (bicyclic) bond motifs is 4. The van der Waals surface area contributed by atoms with Gasteiger partial charge in [-0.05, 0) is 94.7 Å². The van der Waals surface area contributed by atoms with E-state index in [9.17, 15) is 0 Å². The minimum atomic E-state index is 0.925. The van der Waals surface area contributed by atoms with Crippen LogP contribution in [0.3, 0.4) is 0 Å². The van der Waals surface area contributed by atoms with Crippen molar-refractivity contribution < 1.29 is 0 Å². The fourth-order valence-corrected chi connectivity index (χ4v) is 8.03. The molecule has 3 heteroatoms. The van der Waals surface area contributed by atoms with E-state index in [0.717, 1.165) is 50.4 Å². The van der Waals surface area contributed by atoms with Gasteiger partial charge < -0.3 is 14.5 Å². The van der Waals surface area contributed by atoms with E-state index in [-0.39, 0.29) is 0 Å². The van der Waals surface area contributed by atoms with E-state index in [1.807, 2.05) is 12.2 Å². The van der Waals surface area contributed by atoms with Gasteiger partial charge in [0.05, 0.1) is 27.9 Å². The van der Waals surface area contributed by atoms with Crippen LogP contribution in [-0.4, -0.2) is 15.3 Å². The van der Waals surface area contributed by atoms with Gasteiger partial charge in [-0.1, -0.05) is 104 Å². The van der Waals surface area contributed by atoms with Crippen molar-refractivity contribution in [3.63, 3.8) is 0 Å². The van der Waals surface area contributed by atoms with Gasteiger partial charge in [0.2, 0.25) is 0 Å². The average Bonchev–Trinajstić information content (AvgIpc) is 3.77. The van der Waals surface area contributed by atoms with E-state index in [2.05, 4.69) is 163 Å². The standard InChI is InChI=1S/C46H33N3/c1-4-13-33-38-26-29(20-23-44(38)48(41(33)6-3)31-14-8-7-9-15-31)30-21-24-45-39(27-30)34-16-10-11-19-42(34)49(45)43-25-22-36-32(5-2)40(28-47)35-17-12-18-37(43)46(35)36/h4-28,47H,2-3H2,1H3/b13-4-,47-28?. The molecule has 0 saturated heterocycles. The first-order chi connectivity index (χ1) is 24.2. The highest BCUT2D eigenvalue weighted by Crippen LogP contribution is 2.45. The number of nitrogens with one attached hydrogen (secondary N) is 1. The van der Waals surface area contributed by atoms with E-state index in [1.165, 1.54) is 55.4 Å². The van der Waals surface area contributed by atoms with Crippen LogP contribution in [0, 0.1) is 5.41 Å². The van der Waals surface area contributed by atoms with Crippen LogP contribution in [0.5, 0.6) is 0 Å². The molecule has 49 heavy (non-hydrogen) atoms. The van der Waals surface area contributed by atoms with Crippen molar-refractivity contribution in [1.82, 2.24) is 9.13 Å². The van der Waals surface area contributed by atoms with E-state index in [0.29, 0.717) is 0 Å². The summed E-state index contributed by atoms with van der Waals surface area (Å²) >= 11 is 0. The Morgan fingerprint density at radius 2 is 1.24 bits per heavy atom. The smallest absolute Gasteiger partial charge is 0.0541 e. The second-order valence-corrected chi connectivity index (χ2v) is 12.5. The highest BCUT2D eigenvalue weighted by molar-refractivity contribution is 6.30. The third-order valence-corrected chi connectivity index (χ3v) is 10.1. The normalized spacial score (nSPS) is 12.7. The molecule has 0 saturated carbocycles. The molecule has 1 aliphatic rings. The summed E-state index contributed by atoms with van der Waals surface area (Å²) in [6.45, 7) is 10.3. The second-order valence-electron chi connectivity index (χ2n) is 12.5. The summed E-state index contributed by atoms with van der Waals surface area (Å²) < 4.78 is 4.70. The Balaban J connectivity index is 1.26. The molecule has 0 amide bonds. The second kappa shape index (κ2) is 11.1. The third-order valence-electron chi connectivity index (χ3n) is 10.1. The van der Waals surface area contributed by atoms with Crippen molar-refractivity contribution in [2.45, 2.75) is 6.92 Å². The quantitative estimate of drug-likeness (QED) is 0.171. The molecule has 232 valence electrons. The zero-order valence-corrected chi connectivity index (χ0v) is 27.2. The maximum atomic E-state index is 8.17. The molecule has 0 radical (unpaired) electrons. The molecular formula is C46H33N3. The van der Waals surface area contributed by atoms with Gasteiger partial charge in [0.25, 0.3) is 0 Å². The Hall–Kier alpha value is -6.45. The molecule has 0 atom stereocenters. The summed E-state index contributed by atoms with van der Waals surface area (Å²) in [5.74, 6) is 0. The first kappa shape index (κ1) is 28.7. The maximum absolute atomic E-state index is 8.17. The summed E-state index contributed by atoms with van der Waals surface area (Å²) in [5, 5.41) is 14.1. The van der Waals surface area contributed by atoms with Gasteiger partial charge in [-0.25, -0.2) is 0 Å². The molecule has 1 N–H and O–H groups in total. The highest BCUT2D eigenvalue weighted by Gasteiger charge is 2.24.